The molecule has 4 unspecified atom stereocenters. The highest BCUT2D eigenvalue weighted by molar-refractivity contribution is 5.68. The topological polar surface area (TPSA) is 29.5 Å². The van der Waals surface area contributed by atoms with E-state index in [1.54, 1.807) is 0 Å². The Morgan fingerprint density at radius 2 is 2.05 bits per heavy atom. The fraction of sp³-hybridized carbons (Fsp3) is 0.941. The second-order valence-corrected chi connectivity index (χ2v) is 7.26. The van der Waals surface area contributed by atoms with Gasteiger partial charge in [0.1, 0.15) is 5.60 Å². The zero-order valence-electron chi connectivity index (χ0n) is 13.1. The molecule has 1 heterocycles. The molecule has 0 aromatic heterocycles. The van der Waals surface area contributed by atoms with E-state index in [0.717, 1.165) is 44.7 Å². The van der Waals surface area contributed by atoms with E-state index in [9.17, 15) is 4.79 Å². The normalized spacial score (nSPS) is 38.0. The lowest BCUT2D eigenvalue weighted by Gasteiger charge is -2.43. The van der Waals surface area contributed by atoms with Crippen molar-refractivity contribution in [3.63, 3.8) is 0 Å². The van der Waals surface area contributed by atoms with Crippen LogP contribution in [0.1, 0.15) is 65.2 Å². The Morgan fingerprint density at radius 3 is 2.60 bits per heavy atom. The zero-order valence-corrected chi connectivity index (χ0v) is 13.1. The predicted molar refractivity (Wildman–Crippen MR) is 79.5 cm³/mol. The minimum absolute atomic E-state index is 0.0300. The number of hydrogen-bond acceptors (Lipinski definition) is 2. The highest BCUT2D eigenvalue weighted by Gasteiger charge is 2.56. The molecule has 0 radical (unpaired) electrons. The first-order valence-corrected chi connectivity index (χ1v) is 8.63. The standard InChI is InChI=1S/C17H29NO2/c1-3-13(2)17(12-14-7-8-15(17)11-14)20-16(19)18-9-5-4-6-10-18/h13-15H,3-12H2,1-2H3. The average molecular weight is 279 g/mol. The van der Waals surface area contributed by atoms with Crippen LogP contribution in [0.15, 0.2) is 0 Å². The van der Waals surface area contributed by atoms with E-state index in [1.165, 1.54) is 25.7 Å². The molecule has 114 valence electrons. The van der Waals surface area contributed by atoms with E-state index in [1.807, 2.05) is 4.90 Å². The molecule has 0 aromatic rings. The van der Waals surface area contributed by atoms with Crippen molar-refractivity contribution >= 4 is 6.09 Å². The van der Waals surface area contributed by atoms with Crippen LogP contribution >= 0.6 is 0 Å². The van der Waals surface area contributed by atoms with Crippen molar-refractivity contribution in [2.45, 2.75) is 70.8 Å². The van der Waals surface area contributed by atoms with E-state index in [0.29, 0.717) is 11.8 Å². The van der Waals surface area contributed by atoms with Gasteiger partial charge in [0.15, 0.2) is 0 Å². The Bertz CT molecular complexity index is 364. The van der Waals surface area contributed by atoms with Crippen LogP contribution in [0.2, 0.25) is 0 Å². The number of amides is 1. The van der Waals surface area contributed by atoms with E-state index in [4.69, 9.17) is 4.74 Å². The third kappa shape index (κ3) is 2.33. The zero-order chi connectivity index (χ0) is 14.2. The Balaban J connectivity index is 1.72. The summed E-state index contributed by atoms with van der Waals surface area (Å²) in [5, 5.41) is 0. The van der Waals surface area contributed by atoms with Crippen molar-refractivity contribution in [1.29, 1.82) is 0 Å². The molecular weight excluding hydrogens is 250 g/mol. The van der Waals surface area contributed by atoms with E-state index >= 15 is 0 Å². The summed E-state index contributed by atoms with van der Waals surface area (Å²) in [6.45, 7) is 6.30. The number of piperidine rings is 1. The minimum Gasteiger partial charge on any atom is -0.442 e. The van der Waals surface area contributed by atoms with Gasteiger partial charge in [-0.25, -0.2) is 4.79 Å². The Morgan fingerprint density at radius 1 is 1.30 bits per heavy atom. The van der Waals surface area contributed by atoms with Gasteiger partial charge in [0.25, 0.3) is 0 Å². The summed E-state index contributed by atoms with van der Waals surface area (Å²) in [7, 11) is 0. The van der Waals surface area contributed by atoms with Gasteiger partial charge in [-0.15, -0.1) is 0 Å². The second-order valence-electron chi connectivity index (χ2n) is 7.26. The van der Waals surface area contributed by atoms with Gasteiger partial charge in [-0.1, -0.05) is 13.8 Å². The van der Waals surface area contributed by atoms with Gasteiger partial charge in [-0.05, 0) is 69.1 Å². The smallest absolute Gasteiger partial charge is 0.410 e. The molecule has 4 atom stereocenters. The summed E-state index contributed by atoms with van der Waals surface area (Å²) in [5.74, 6) is 1.92. The number of fused-ring (bicyclic) bond motifs is 2. The van der Waals surface area contributed by atoms with Crippen LogP contribution in [0.25, 0.3) is 0 Å². The van der Waals surface area contributed by atoms with Crippen molar-refractivity contribution in [2.24, 2.45) is 17.8 Å². The molecule has 1 amide bonds. The molecule has 2 aliphatic carbocycles. The molecule has 2 bridgehead atoms. The summed E-state index contributed by atoms with van der Waals surface area (Å²) in [4.78, 5) is 14.5. The molecule has 3 nitrogen and oxygen atoms in total. The lowest BCUT2D eigenvalue weighted by atomic mass is 9.74. The first-order valence-electron chi connectivity index (χ1n) is 8.63. The molecule has 3 aliphatic rings. The third-order valence-electron chi connectivity index (χ3n) is 6.18. The fourth-order valence-corrected chi connectivity index (χ4v) is 4.80. The molecule has 3 fully saturated rings. The maximum Gasteiger partial charge on any atom is 0.410 e. The SMILES string of the molecule is CCC(C)C1(OC(=O)N2CCCCC2)CC2CCC1C2. The van der Waals surface area contributed by atoms with Crippen LogP contribution < -0.4 is 0 Å². The lowest BCUT2D eigenvalue weighted by Crippen LogP contribution is -2.49. The summed E-state index contributed by atoms with van der Waals surface area (Å²) in [6.07, 6.45) is 9.63. The van der Waals surface area contributed by atoms with Crippen LogP contribution in [0.4, 0.5) is 4.79 Å². The van der Waals surface area contributed by atoms with Gasteiger partial charge in [-0.2, -0.15) is 0 Å². The summed E-state index contributed by atoms with van der Waals surface area (Å²) in [6, 6.07) is 0. The van der Waals surface area contributed by atoms with Crippen molar-refractivity contribution < 1.29 is 9.53 Å². The monoisotopic (exact) mass is 279 g/mol. The number of likely N-dealkylation sites (tertiary alicyclic amines) is 1. The fourth-order valence-electron chi connectivity index (χ4n) is 4.80. The van der Waals surface area contributed by atoms with Crippen molar-refractivity contribution in [2.75, 3.05) is 13.1 Å². The number of carbonyl (C=O) groups excluding carboxylic acids is 1. The van der Waals surface area contributed by atoms with Crippen LogP contribution in [0, 0.1) is 17.8 Å². The van der Waals surface area contributed by atoms with Crippen LogP contribution in [0.3, 0.4) is 0 Å². The number of ether oxygens (including phenoxy) is 1. The Labute approximate surface area is 123 Å². The van der Waals surface area contributed by atoms with E-state index < -0.39 is 0 Å². The number of nitrogens with zero attached hydrogens (tertiary/aromatic N) is 1. The molecule has 2 saturated carbocycles. The molecular formula is C17H29NO2. The largest absolute Gasteiger partial charge is 0.442 e. The van der Waals surface area contributed by atoms with Crippen LogP contribution in [-0.2, 0) is 4.74 Å². The van der Waals surface area contributed by atoms with Gasteiger partial charge in [0, 0.05) is 13.1 Å². The maximum absolute atomic E-state index is 12.6. The van der Waals surface area contributed by atoms with Crippen LogP contribution in [-0.4, -0.2) is 29.7 Å². The van der Waals surface area contributed by atoms with Crippen LogP contribution in [0.5, 0.6) is 0 Å². The van der Waals surface area contributed by atoms with Gasteiger partial charge < -0.3 is 9.64 Å². The van der Waals surface area contributed by atoms with E-state index in [-0.39, 0.29) is 11.7 Å². The summed E-state index contributed by atoms with van der Waals surface area (Å²) >= 11 is 0. The van der Waals surface area contributed by atoms with Gasteiger partial charge in [0.05, 0.1) is 0 Å². The van der Waals surface area contributed by atoms with Gasteiger partial charge >= 0.3 is 6.09 Å². The summed E-state index contributed by atoms with van der Waals surface area (Å²) < 4.78 is 6.21. The summed E-state index contributed by atoms with van der Waals surface area (Å²) in [5.41, 5.74) is -0.147. The maximum atomic E-state index is 12.6. The molecule has 1 saturated heterocycles. The first kappa shape index (κ1) is 14.2. The second kappa shape index (κ2) is 5.57. The average Bonchev–Trinajstić information content (AvgIpc) is 3.08. The Hall–Kier alpha value is -0.730. The number of rotatable bonds is 3. The molecule has 3 rings (SSSR count). The molecule has 1 aliphatic heterocycles. The number of hydrogen-bond donors (Lipinski definition) is 0. The highest BCUT2D eigenvalue weighted by Crippen LogP contribution is 2.56. The number of carbonyl (C=O) groups is 1. The molecule has 0 aromatic carbocycles. The van der Waals surface area contributed by atoms with Crippen molar-refractivity contribution in [3.8, 4) is 0 Å². The predicted octanol–water partition coefficient (Wildman–Crippen LogP) is 4.21. The van der Waals surface area contributed by atoms with E-state index in [2.05, 4.69) is 13.8 Å². The molecule has 3 heteroatoms. The van der Waals surface area contributed by atoms with Gasteiger partial charge in [-0.3, -0.25) is 0 Å². The van der Waals surface area contributed by atoms with Gasteiger partial charge in [0.2, 0.25) is 0 Å². The third-order valence-corrected chi connectivity index (χ3v) is 6.18. The quantitative estimate of drug-likeness (QED) is 0.774. The first-order chi connectivity index (χ1) is 9.65. The Kier molecular flexibility index (Phi) is 3.96. The van der Waals surface area contributed by atoms with Crippen molar-refractivity contribution in [1.82, 2.24) is 4.90 Å². The lowest BCUT2D eigenvalue weighted by molar-refractivity contribution is -0.0832. The van der Waals surface area contributed by atoms with Crippen molar-refractivity contribution in [3.05, 3.63) is 0 Å². The minimum atomic E-state index is -0.147. The molecule has 0 N–H and O–H groups in total. The highest BCUT2D eigenvalue weighted by atomic mass is 16.6. The molecule has 20 heavy (non-hydrogen) atoms. The molecule has 0 spiro atoms.